The normalized spacial score (nSPS) is 11.4. The van der Waals surface area contributed by atoms with Gasteiger partial charge in [0.2, 0.25) is 5.91 Å². The van der Waals surface area contributed by atoms with E-state index < -0.39 is 29.7 Å². The molecule has 0 saturated heterocycles. The van der Waals surface area contributed by atoms with Crippen LogP contribution in [-0.4, -0.2) is 30.1 Å². The fourth-order valence-corrected chi connectivity index (χ4v) is 2.42. The zero-order chi connectivity index (χ0) is 20.5. The maximum Gasteiger partial charge on any atom is 0.307 e. The van der Waals surface area contributed by atoms with Crippen LogP contribution in [0, 0.1) is 5.82 Å². The standard InChI is InChI=1S/C20H20FNO6/c1-27-20(26)12-16(22-18(23)9-10-19(24)25)13-7-8-15(21)17(11-13)28-14-5-3-2-4-6-14/h2-8,11,16H,9-10,12H2,1H3,(H,22,23)(H,24,25)/t16-/m0/s1. The Morgan fingerprint density at radius 3 is 2.46 bits per heavy atom. The number of benzene rings is 2. The van der Waals surface area contributed by atoms with E-state index in [2.05, 4.69) is 10.1 Å². The molecule has 148 valence electrons. The number of carbonyl (C=O) groups excluding carboxylic acids is 2. The van der Waals surface area contributed by atoms with Crippen molar-refractivity contribution in [2.45, 2.75) is 25.3 Å². The number of carboxylic acid groups (broad SMARTS) is 1. The van der Waals surface area contributed by atoms with E-state index in [-0.39, 0.29) is 25.0 Å². The van der Waals surface area contributed by atoms with E-state index in [1.165, 1.54) is 25.3 Å². The van der Waals surface area contributed by atoms with Crippen molar-refractivity contribution in [3.8, 4) is 11.5 Å². The Hall–Kier alpha value is -3.42. The fraction of sp³-hybridized carbons (Fsp3) is 0.250. The largest absolute Gasteiger partial charge is 0.481 e. The van der Waals surface area contributed by atoms with Gasteiger partial charge in [0.15, 0.2) is 11.6 Å². The summed E-state index contributed by atoms with van der Waals surface area (Å²) >= 11 is 0. The van der Waals surface area contributed by atoms with Crippen LogP contribution in [0.2, 0.25) is 0 Å². The van der Waals surface area contributed by atoms with Crippen LogP contribution in [0.1, 0.15) is 30.9 Å². The number of ether oxygens (including phenoxy) is 2. The molecule has 0 fully saturated rings. The smallest absolute Gasteiger partial charge is 0.307 e. The number of halogens is 1. The predicted octanol–water partition coefficient (Wildman–Crippen LogP) is 3.20. The van der Waals surface area contributed by atoms with Crippen LogP contribution in [0.25, 0.3) is 0 Å². The monoisotopic (exact) mass is 389 g/mol. The maximum absolute atomic E-state index is 14.2. The van der Waals surface area contributed by atoms with Crippen molar-refractivity contribution in [3.05, 3.63) is 59.9 Å². The Labute approximate surface area is 161 Å². The fourth-order valence-electron chi connectivity index (χ4n) is 2.42. The average molecular weight is 389 g/mol. The molecule has 7 nitrogen and oxygen atoms in total. The minimum Gasteiger partial charge on any atom is -0.481 e. The molecule has 8 heteroatoms. The van der Waals surface area contributed by atoms with E-state index in [1.807, 2.05) is 0 Å². The highest BCUT2D eigenvalue weighted by atomic mass is 19.1. The highest BCUT2D eigenvalue weighted by Gasteiger charge is 2.21. The molecule has 2 aromatic carbocycles. The Morgan fingerprint density at radius 1 is 1.11 bits per heavy atom. The summed E-state index contributed by atoms with van der Waals surface area (Å²) in [5.41, 5.74) is 0.418. The number of methoxy groups -OCH3 is 1. The van der Waals surface area contributed by atoms with Crippen LogP contribution in [0.15, 0.2) is 48.5 Å². The van der Waals surface area contributed by atoms with Gasteiger partial charge in [-0.15, -0.1) is 0 Å². The van der Waals surface area contributed by atoms with Gasteiger partial charge in [0.05, 0.1) is 26.0 Å². The lowest BCUT2D eigenvalue weighted by Crippen LogP contribution is -2.30. The zero-order valence-electron chi connectivity index (χ0n) is 15.2. The number of hydrogen-bond acceptors (Lipinski definition) is 5. The SMILES string of the molecule is COC(=O)C[C@H](NC(=O)CCC(=O)O)c1ccc(F)c(Oc2ccccc2)c1. The van der Waals surface area contributed by atoms with Crippen LogP contribution in [0.5, 0.6) is 11.5 Å². The molecule has 0 heterocycles. The summed E-state index contributed by atoms with van der Waals surface area (Å²) in [5.74, 6) is -2.50. The third-order valence-corrected chi connectivity index (χ3v) is 3.83. The molecule has 0 spiro atoms. The van der Waals surface area contributed by atoms with Gasteiger partial charge in [0.25, 0.3) is 0 Å². The second kappa shape index (κ2) is 10.1. The van der Waals surface area contributed by atoms with Crippen molar-refractivity contribution in [1.82, 2.24) is 5.32 Å². The molecule has 2 aromatic rings. The van der Waals surface area contributed by atoms with Gasteiger partial charge < -0.3 is 19.9 Å². The first-order valence-electron chi connectivity index (χ1n) is 8.49. The number of nitrogens with one attached hydrogen (secondary N) is 1. The summed E-state index contributed by atoms with van der Waals surface area (Å²) in [6.07, 6.45) is -0.796. The quantitative estimate of drug-likeness (QED) is 0.639. The summed E-state index contributed by atoms with van der Waals surface area (Å²) in [5, 5.41) is 11.3. The van der Waals surface area contributed by atoms with Crippen LogP contribution in [0.4, 0.5) is 4.39 Å². The summed E-state index contributed by atoms with van der Waals surface area (Å²) in [4.78, 5) is 34.4. The number of aliphatic carboxylic acids is 1. The minimum atomic E-state index is -1.11. The van der Waals surface area contributed by atoms with Crippen molar-refractivity contribution < 1.29 is 33.4 Å². The van der Waals surface area contributed by atoms with Crippen LogP contribution in [0.3, 0.4) is 0 Å². The van der Waals surface area contributed by atoms with Crippen LogP contribution in [-0.2, 0) is 19.1 Å². The average Bonchev–Trinajstić information content (AvgIpc) is 2.68. The Bertz CT molecular complexity index is 840. The number of rotatable bonds is 9. The molecule has 2 rings (SSSR count). The zero-order valence-corrected chi connectivity index (χ0v) is 15.2. The number of amides is 1. The summed E-state index contributed by atoms with van der Waals surface area (Å²) < 4.78 is 24.3. The molecule has 2 N–H and O–H groups in total. The molecule has 0 aliphatic rings. The third kappa shape index (κ3) is 6.39. The van der Waals surface area contributed by atoms with Gasteiger partial charge in [-0.2, -0.15) is 0 Å². The first kappa shape index (κ1) is 20.9. The van der Waals surface area contributed by atoms with Gasteiger partial charge in [0, 0.05) is 6.42 Å². The van der Waals surface area contributed by atoms with Crippen molar-refractivity contribution in [2.24, 2.45) is 0 Å². The Morgan fingerprint density at radius 2 is 1.82 bits per heavy atom. The summed E-state index contributed by atoms with van der Waals surface area (Å²) in [6.45, 7) is 0. The molecule has 1 atom stereocenters. The van der Waals surface area contributed by atoms with Gasteiger partial charge in [-0.3, -0.25) is 14.4 Å². The number of hydrogen-bond donors (Lipinski definition) is 2. The molecule has 0 aliphatic carbocycles. The molecule has 0 aromatic heterocycles. The molecular formula is C20H20FNO6. The van der Waals surface area contributed by atoms with Crippen molar-refractivity contribution in [3.63, 3.8) is 0 Å². The number of carboxylic acids is 1. The van der Waals surface area contributed by atoms with Gasteiger partial charge in [0.1, 0.15) is 5.75 Å². The lowest BCUT2D eigenvalue weighted by molar-refractivity contribution is -0.142. The number of esters is 1. The summed E-state index contributed by atoms with van der Waals surface area (Å²) in [7, 11) is 1.21. The molecule has 0 aliphatic heterocycles. The van der Waals surface area contributed by atoms with Crippen molar-refractivity contribution in [1.29, 1.82) is 0 Å². The molecular weight excluding hydrogens is 369 g/mol. The second-order valence-corrected chi connectivity index (χ2v) is 5.90. The highest BCUT2D eigenvalue weighted by molar-refractivity contribution is 5.81. The number of para-hydroxylation sites is 1. The predicted molar refractivity (Wildman–Crippen MR) is 97.3 cm³/mol. The molecule has 28 heavy (non-hydrogen) atoms. The molecule has 0 unspecified atom stereocenters. The highest BCUT2D eigenvalue weighted by Crippen LogP contribution is 2.29. The lowest BCUT2D eigenvalue weighted by atomic mass is 10.0. The van der Waals surface area contributed by atoms with Gasteiger partial charge in [-0.05, 0) is 29.8 Å². The van der Waals surface area contributed by atoms with Gasteiger partial charge >= 0.3 is 11.9 Å². The van der Waals surface area contributed by atoms with E-state index >= 15 is 0 Å². The van der Waals surface area contributed by atoms with E-state index in [0.717, 1.165) is 0 Å². The van der Waals surface area contributed by atoms with Crippen LogP contribution < -0.4 is 10.1 Å². The Balaban J connectivity index is 2.23. The molecule has 1 amide bonds. The van der Waals surface area contributed by atoms with Crippen molar-refractivity contribution >= 4 is 17.8 Å². The maximum atomic E-state index is 14.2. The topological polar surface area (TPSA) is 102 Å². The van der Waals surface area contributed by atoms with E-state index in [4.69, 9.17) is 9.84 Å². The molecule has 0 radical (unpaired) electrons. The third-order valence-electron chi connectivity index (χ3n) is 3.83. The van der Waals surface area contributed by atoms with Gasteiger partial charge in [-0.25, -0.2) is 4.39 Å². The van der Waals surface area contributed by atoms with E-state index in [0.29, 0.717) is 11.3 Å². The summed E-state index contributed by atoms with van der Waals surface area (Å²) in [6, 6.07) is 11.7. The second-order valence-electron chi connectivity index (χ2n) is 5.90. The number of carbonyl (C=O) groups is 3. The van der Waals surface area contributed by atoms with Crippen LogP contribution >= 0.6 is 0 Å². The van der Waals surface area contributed by atoms with E-state index in [9.17, 15) is 18.8 Å². The Kier molecular flexibility index (Phi) is 7.50. The minimum absolute atomic E-state index is 0.0710. The van der Waals surface area contributed by atoms with Crippen molar-refractivity contribution in [2.75, 3.05) is 7.11 Å². The van der Waals surface area contributed by atoms with Gasteiger partial charge in [-0.1, -0.05) is 24.3 Å². The molecule has 0 saturated carbocycles. The molecule has 0 bridgehead atoms. The first-order chi connectivity index (χ1) is 13.4. The van der Waals surface area contributed by atoms with E-state index in [1.54, 1.807) is 30.3 Å². The first-order valence-corrected chi connectivity index (χ1v) is 8.49. The lowest BCUT2D eigenvalue weighted by Gasteiger charge is -2.19.